The van der Waals surface area contributed by atoms with Crippen molar-refractivity contribution in [2.24, 2.45) is 0 Å². The van der Waals surface area contributed by atoms with Crippen LogP contribution in [0.1, 0.15) is 44.5 Å². The van der Waals surface area contributed by atoms with Gasteiger partial charge >= 0.3 is 0 Å². The maximum Gasteiger partial charge on any atom is 0.0721 e. The minimum atomic E-state index is -0.758. The third kappa shape index (κ3) is 6.87. The van der Waals surface area contributed by atoms with E-state index in [-0.39, 0.29) is 0 Å². The van der Waals surface area contributed by atoms with Gasteiger partial charge in [0.25, 0.3) is 0 Å². The number of anilines is 6. The number of thiophene rings is 1. The molecule has 0 aliphatic heterocycles. The van der Waals surface area contributed by atoms with Crippen LogP contribution in [0.5, 0.6) is 0 Å². The Morgan fingerprint density at radius 3 is 1.13 bits per heavy atom. The van der Waals surface area contributed by atoms with Gasteiger partial charge in [-0.15, -0.1) is 11.3 Å². The van der Waals surface area contributed by atoms with E-state index in [4.69, 9.17) is 0 Å². The first kappa shape index (κ1) is 44.9. The fourth-order valence-corrected chi connectivity index (χ4v) is 14.3. The highest BCUT2D eigenvalue weighted by Crippen LogP contribution is 2.65. The highest BCUT2D eigenvalue weighted by Gasteiger charge is 2.57. The van der Waals surface area contributed by atoms with Gasteiger partial charge < -0.3 is 9.80 Å². The molecule has 1 heterocycles. The molecular weight excluding hydrogens is 949 g/mol. The number of hydrogen-bond acceptors (Lipinski definition) is 3. The number of fused-ring (bicyclic) bond motifs is 12. The molecule has 0 radical (unpaired) electrons. The van der Waals surface area contributed by atoms with Crippen molar-refractivity contribution in [2.45, 2.75) is 10.8 Å². The van der Waals surface area contributed by atoms with Crippen LogP contribution in [0.4, 0.5) is 34.1 Å². The molecule has 12 aromatic carbocycles. The van der Waals surface area contributed by atoms with Gasteiger partial charge in [0, 0.05) is 54.3 Å². The predicted octanol–water partition coefficient (Wildman–Crippen LogP) is 19.7. The summed E-state index contributed by atoms with van der Waals surface area (Å²) in [4.78, 5) is 4.89. The van der Waals surface area contributed by atoms with Gasteiger partial charge in [0.2, 0.25) is 0 Å². The first-order valence-corrected chi connectivity index (χ1v) is 27.4. The summed E-state index contributed by atoms with van der Waals surface area (Å²) in [7, 11) is 0. The highest BCUT2D eigenvalue weighted by atomic mass is 32.1. The minimum absolute atomic E-state index is 0.634. The normalized spacial score (nSPS) is 13.4. The number of hydrogen-bond donors (Lipinski definition) is 0. The molecular formula is C74H50N2S. The monoisotopic (exact) mass is 998 g/mol. The van der Waals surface area contributed by atoms with Crippen LogP contribution in [-0.2, 0) is 10.8 Å². The lowest BCUT2D eigenvalue weighted by atomic mass is 9.51. The van der Waals surface area contributed by atoms with Crippen LogP contribution in [-0.4, -0.2) is 0 Å². The maximum absolute atomic E-state index is 2.53. The van der Waals surface area contributed by atoms with Crippen molar-refractivity contribution < 1.29 is 0 Å². The van der Waals surface area contributed by atoms with Crippen LogP contribution in [0.15, 0.2) is 303 Å². The summed E-state index contributed by atoms with van der Waals surface area (Å²) in [5, 5.41) is 2.56. The Balaban J connectivity index is 1.02. The van der Waals surface area contributed by atoms with E-state index in [0.717, 1.165) is 34.1 Å². The summed E-state index contributed by atoms with van der Waals surface area (Å²) in [5.74, 6) is 0. The topological polar surface area (TPSA) is 6.48 Å². The second-order valence-electron chi connectivity index (χ2n) is 20.3. The molecule has 77 heavy (non-hydrogen) atoms. The maximum atomic E-state index is 2.53. The molecule has 2 aliphatic rings. The Labute approximate surface area is 453 Å². The average Bonchev–Trinajstić information content (AvgIpc) is 4.22. The quantitative estimate of drug-likeness (QED) is 0.142. The zero-order chi connectivity index (χ0) is 50.9. The SMILES string of the molecule is c1ccc(-c2ccc(N(c3ccccc3)c3ccc4c(c3)C3(c5cc(N(c6ccccc6)c6ccc7sc8ccccc8c7c6)ccc5-4)c4ccccc4C(c4ccccc4)(c4ccccc4)c4ccccc43)cc2)cc1. The van der Waals surface area contributed by atoms with Crippen molar-refractivity contribution in [1.82, 2.24) is 0 Å². The van der Waals surface area contributed by atoms with E-state index in [0.29, 0.717) is 0 Å². The van der Waals surface area contributed by atoms with Gasteiger partial charge in [0.1, 0.15) is 0 Å². The molecule has 0 unspecified atom stereocenters. The second-order valence-corrected chi connectivity index (χ2v) is 21.4. The molecule has 15 rings (SSSR count). The summed E-state index contributed by atoms with van der Waals surface area (Å²) in [6.45, 7) is 0. The van der Waals surface area contributed by atoms with Crippen LogP contribution in [0, 0.1) is 0 Å². The van der Waals surface area contributed by atoms with E-state index in [1.54, 1.807) is 0 Å². The molecule has 13 aromatic rings. The molecule has 2 nitrogen and oxygen atoms in total. The lowest BCUT2D eigenvalue weighted by Crippen LogP contribution is -2.44. The number of nitrogens with zero attached hydrogens (tertiary/aromatic N) is 2. The molecule has 0 fully saturated rings. The Bertz CT molecular complexity index is 4230. The van der Waals surface area contributed by atoms with E-state index in [2.05, 4.69) is 313 Å². The summed E-state index contributed by atoms with van der Waals surface area (Å²) >= 11 is 1.86. The minimum Gasteiger partial charge on any atom is -0.310 e. The van der Waals surface area contributed by atoms with Gasteiger partial charge in [-0.1, -0.05) is 218 Å². The van der Waals surface area contributed by atoms with Gasteiger partial charge in [0.15, 0.2) is 0 Å². The van der Waals surface area contributed by atoms with Crippen molar-refractivity contribution in [3.63, 3.8) is 0 Å². The van der Waals surface area contributed by atoms with Crippen molar-refractivity contribution in [2.75, 3.05) is 9.80 Å². The first-order chi connectivity index (χ1) is 38.2. The highest BCUT2D eigenvalue weighted by molar-refractivity contribution is 7.25. The summed E-state index contributed by atoms with van der Waals surface area (Å²) in [6.07, 6.45) is 0. The van der Waals surface area contributed by atoms with E-state index in [1.165, 1.54) is 86.9 Å². The molecule has 1 spiro atoms. The van der Waals surface area contributed by atoms with Gasteiger partial charge in [-0.05, 0) is 152 Å². The van der Waals surface area contributed by atoms with Crippen molar-refractivity contribution in [3.8, 4) is 22.3 Å². The van der Waals surface area contributed by atoms with Crippen LogP contribution in [0.2, 0.25) is 0 Å². The smallest absolute Gasteiger partial charge is 0.0721 e. The van der Waals surface area contributed by atoms with Crippen molar-refractivity contribution in [3.05, 3.63) is 348 Å². The molecule has 0 bridgehead atoms. The fraction of sp³-hybridized carbons (Fsp3) is 0.0270. The predicted molar refractivity (Wildman–Crippen MR) is 323 cm³/mol. The summed E-state index contributed by atoms with van der Waals surface area (Å²) in [5.41, 5.74) is 20.2. The molecule has 0 N–H and O–H groups in total. The second kappa shape index (κ2) is 18.1. The van der Waals surface area contributed by atoms with E-state index >= 15 is 0 Å². The van der Waals surface area contributed by atoms with E-state index in [9.17, 15) is 0 Å². The van der Waals surface area contributed by atoms with E-state index in [1.807, 2.05) is 11.3 Å². The number of para-hydroxylation sites is 2. The third-order valence-corrected chi connectivity index (χ3v) is 17.5. The number of benzene rings is 12. The van der Waals surface area contributed by atoms with Gasteiger partial charge in [-0.25, -0.2) is 0 Å². The lowest BCUT2D eigenvalue weighted by Gasteiger charge is -2.50. The molecule has 0 atom stereocenters. The van der Waals surface area contributed by atoms with Gasteiger partial charge in [-0.2, -0.15) is 0 Å². The van der Waals surface area contributed by atoms with Crippen molar-refractivity contribution >= 4 is 65.6 Å². The number of rotatable bonds is 9. The van der Waals surface area contributed by atoms with Gasteiger partial charge in [0.05, 0.1) is 10.8 Å². The molecule has 362 valence electrons. The van der Waals surface area contributed by atoms with E-state index < -0.39 is 10.8 Å². The largest absolute Gasteiger partial charge is 0.310 e. The van der Waals surface area contributed by atoms with Crippen LogP contribution in [0.3, 0.4) is 0 Å². The first-order valence-electron chi connectivity index (χ1n) is 26.6. The Morgan fingerprint density at radius 2 is 0.597 bits per heavy atom. The standard InChI is InChI=1S/C74H50N2S/c1-6-22-51(23-7-1)52-38-40-57(41-39-52)75(55-28-12-4-13-29-55)59-42-45-61-62-46-43-60(76(56-30-14-5-15-31-56)58-44-47-72-64(48-58)63-32-16-21-37-71(63)77-72)50-70(62)74(69(61)49-59)67-35-19-17-33-65(67)73(53-24-8-2-9-25-53,54-26-10-3-11-27-54)66-34-18-20-36-68(66)74/h1-50H. The molecule has 0 saturated carbocycles. The summed E-state index contributed by atoms with van der Waals surface area (Å²) < 4.78 is 2.59. The average molecular weight is 999 g/mol. The fourth-order valence-electron chi connectivity index (χ4n) is 13.2. The Kier molecular flexibility index (Phi) is 10.6. The Morgan fingerprint density at radius 1 is 0.234 bits per heavy atom. The summed E-state index contributed by atoms with van der Waals surface area (Å²) in [6, 6.07) is 113. The molecule has 0 amide bonds. The molecule has 0 saturated heterocycles. The zero-order valence-electron chi connectivity index (χ0n) is 42.2. The van der Waals surface area contributed by atoms with Crippen LogP contribution >= 0.6 is 11.3 Å². The van der Waals surface area contributed by atoms with Crippen LogP contribution < -0.4 is 9.80 Å². The third-order valence-electron chi connectivity index (χ3n) is 16.4. The zero-order valence-corrected chi connectivity index (χ0v) is 43.0. The van der Waals surface area contributed by atoms with Gasteiger partial charge in [-0.3, -0.25) is 0 Å². The molecule has 1 aromatic heterocycles. The molecule has 2 aliphatic carbocycles. The Hall–Kier alpha value is -9.54. The van der Waals surface area contributed by atoms with Crippen molar-refractivity contribution in [1.29, 1.82) is 0 Å². The molecule has 3 heteroatoms. The lowest BCUT2D eigenvalue weighted by molar-refractivity contribution is 0.623. The van der Waals surface area contributed by atoms with Crippen LogP contribution in [0.25, 0.3) is 42.4 Å².